The van der Waals surface area contributed by atoms with Gasteiger partial charge in [0.25, 0.3) is 5.56 Å². The molecular formula is C20H26N6O2. The molecule has 1 saturated carbocycles. The molecule has 28 heavy (non-hydrogen) atoms. The quantitative estimate of drug-likeness (QED) is 0.720. The molecule has 1 aliphatic heterocycles. The third-order valence-corrected chi connectivity index (χ3v) is 6.70. The number of nitrogens with one attached hydrogen (secondary N) is 2. The first kappa shape index (κ1) is 17.6. The van der Waals surface area contributed by atoms with Crippen LogP contribution in [-0.2, 0) is 23.1 Å². The van der Waals surface area contributed by atoms with Gasteiger partial charge in [0, 0.05) is 48.3 Å². The molecular weight excluding hydrogens is 356 g/mol. The molecule has 0 radical (unpaired) electrons. The summed E-state index contributed by atoms with van der Waals surface area (Å²) in [5.41, 5.74) is 8.87. The third-order valence-electron chi connectivity index (χ3n) is 6.70. The number of piperidine rings is 1. The number of nitrogens with two attached hydrogens (primary N) is 1. The van der Waals surface area contributed by atoms with Crippen LogP contribution in [0, 0.1) is 0 Å². The van der Waals surface area contributed by atoms with Crippen molar-refractivity contribution in [1.29, 1.82) is 0 Å². The van der Waals surface area contributed by atoms with Crippen molar-refractivity contribution in [2.24, 2.45) is 5.73 Å². The maximum atomic E-state index is 12.8. The summed E-state index contributed by atoms with van der Waals surface area (Å²) in [5, 5.41) is 0. The number of nitrogens with zero attached hydrogens (tertiary/aromatic N) is 3. The first-order valence-corrected chi connectivity index (χ1v) is 10.2. The van der Waals surface area contributed by atoms with Gasteiger partial charge in [0.1, 0.15) is 5.82 Å². The zero-order valence-electron chi connectivity index (χ0n) is 15.9. The first-order valence-electron chi connectivity index (χ1n) is 10.2. The largest absolute Gasteiger partial charge is 0.348 e. The molecule has 0 aromatic carbocycles. The van der Waals surface area contributed by atoms with Gasteiger partial charge in [0.2, 0.25) is 5.91 Å². The molecule has 2 aromatic rings. The number of amides is 1. The van der Waals surface area contributed by atoms with Crippen LogP contribution in [0.1, 0.15) is 60.8 Å². The molecule has 1 spiro atoms. The average molecular weight is 382 g/mol. The zero-order valence-corrected chi connectivity index (χ0v) is 15.9. The second-order valence-electron chi connectivity index (χ2n) is 8.55. The number of hydrogen-bond donors (Lipinski definition) is 3. The minimum atomic E-state index is -0.562. The van der Waals surface area contributed by atoms with Gasteiger partial charge in [-0.3, -0.25) is 9.59 Å². The Balaban J connectivity index is 1.30. The monoisotopic (exact) mass is 382 g/mol. The summed E-state index contributed by atoms with van der Waals surface area (Å²) in [5.74, 6) is 1.28. The molecule has 8 heteroatoms. The van der Waals surface area contributed by atoms with Gasteiger partial charge in [-0.05, 0) is 38.5 Å². The lowest BCUT2D eigenvalue weighted by molar-refractivity contribution is -0.134. The van der Waals surface area contributed by atoms with Gasteiger partial charge in [-0.1, -0.05) is 0 Å². The summed E-state index contributed by atoms with van der Waals surface area (Å²) in [6.45, 7) is 1.34. The molecule has 2 aromatic heterocycles. The van der Waals surface area contributed by atoms with E-state index in [2.05, 4.69) is 15.0 Å². The lowest BCUT2D eigenvalue weighted by Crippen LogP contribution is -2.51. The van der Waals surface area contributed by atoms with Gasteiger partial charge in [0.05, 0.1) is 18.1 Å². The Kier molecular flexibility index (Phi) is 4.12. The van der Waals surface area contributed by atoms with E-state index in [-0.39, 0.29) is 16.9 Å². The fraction of sp³-hybridized carbons (Fsp3) is 0.600. The highest BCUT2D eigenvalue weighted by atomic mass is 16.2. The zero-order chi connectivity index (χ0) is 19.3. The molecule has 148 valence electrons. The van der Waals surface area contributed by atoms with Crippen molar-refractivity contribution in [3.05, 3.63) is 45.7 Å². The molecule has 1 atom stereocenters. The highest BCUT2D eigenvalue weighted by Crippen LogP contribution is 2.46. The topological polar surface area (TPSA) is 121 Å². The summed E-state index contributed by atoms with van der Waals surface area (Å²) < 4.78 is 0. The third kappa shape index (κ3) is 2.96. The Morgan fingerprint density at radius 1 is 1.32 bits per heavy atom. The van der Waals surface area contributed by atoms with Gasteiger partial charge in [-0.2, -0.15) is 0 Å². The highest BCUT2D eigenvalue weighted by Gasteiger charge is 2.45. The first-order chi connectivity index (χ1) is 13.6. The van der Waals surface area contributed by atoms with Crippen LogP contribution in [0.3, 0.4) is 0 Å². The van der Waals surface area contributed by atoms with Crippen LogP contribution in [0.5, 0.6) is 0 Å². The number of hydrogen-bond acceptors (Lipinski definition) is 5. The van der Waals surface area contributed by atoms with Crippen LogP contribution in [0.4, 0.5) is 0 Å². The number of carbonyl (C=O) groups excluding carboxylic acids is 1. The molecule has 2 aliphatic carbocycles. The number of imidazole rings is 1. The fourth-order valence-electron chi connectivity index (χ4n) is 4.82. The number of carbonyl (C=O) groups is 1. The second-order valence-corrected chi connectivity index (χ2v) is 8.55. The van der Waals surface area contributed by atoms with E-state index in [1.54, 1.807) is 12.5 Å². The molecule has 1 amide bonds. The van der Waals surface area contributed by atoms with Gasteiger partial charge in [-0.25, -0.2) is 9.97 Å². The van der Waals surface area contributed by atoms with E-state index in [1.807, 2.05) is 4.90 Å². The van der Waals surface area contributed by atoms with Crippen LogP contribution in [-0.4, -0.2) is 49.9 Å². The number of aromatic nitrogens is 4. The van der Waals surface area contributed by atoms with Crippen LogP contribution < -0.4 is 11.3 Å². The standard InChI is InChI=1S/C20H26N6O2/c21-15(9-13-10-22-11-23-13)19(28)26-7-5-20(6-8-26)4-3-14-16(20)24-17(12-1-2-12)25-18(14)27/h10-12,15H,1-9,21H2,(H,22,23)(H,24,25,27)/t15-/m0/s1. The maximum Gasteiger partial charge on any atom is 0.254 e. The second kappa shape index (κ2) is 6.55. The fourth-order valence-corrected chi connectivity index (χ4v) is 4.82. The molecule has 2 fully saturated rings. The van der Waals surface area contributed by atoms with Crippen molar-refractivity contribution >= 4 is 5.91 Å². The predicted octanol–water partition coefficient (Wildman–Crippen LogP) is 0.747. The van der Waals surface area contributed by atoms with Crippen molar-refractivity contribution in [1.82, 2.24) is 24.8 Å². The molecule has 5 rings (SSSR count). The van der Waals surface area contributed by atoms with Crippen LogP contribution >= 0.6 is 0 Å². The summed E-state index contributed by atoms with van der Waals surface area (Å²) in [4.78, 5) is 42.1. The predicted molar refractivity (Wildman–Crippen MR) is 103 cm³/mol. The van der Waals surface area contributed by atoms with Crippen LogP contribution in [0.15, 0.2) is 17.3 Å². The Labute approximate surface area is 163 Å². The van der Waals surface area contributed by atoms with Crippen LogP contribution in [0.2, 0.25) is 0 Å². The van der Waals surface area contributed by atoms with Crippen molar-refractivity contribution in [3.63, 3.8) is 0 Å². The Morgan fingerprint density at radius 2 is 2.11 bits per heavy atom. The summed E-state index contributed by atoms with van der Waals surface area (Å²) in [6.07, 6.45) is 9.44. The Hall–Kier alpha value is -2.48. The molecule has 4 N–H and O–H groups in total. The van der Waals surface area contributed by atoms with Crippen molar-refractivity contribution in [2.45, 2.75) is 62.3 Å². The lowest BCUT2D eigenvalue weighted by atomic mass is 9.76. The minimum Gasteiger partial charge on any atom is -0.348 e. The SMILES string of the molecule is N[C@@H](Cc1cnc[nH]1)C(=O)N1CCC2(CCc3c2nc(C2CC2)[nH]c3=O)CC1. The van der Waals surface area contributed by atoms with Crippen molar-refractivity contribution in [3.8, 4) is 0 Å². The number of rotatable bonds is 4. The van der Waals surface area contributed by atoms with E-state index < -0.39 is 6.04 Å². The summed E-state index contributed by atoms with van der Waals surface area (Å²) >= 11 is 0. The van der Waals surface area contributed by atoms with E-state index in [0.29, 0.717) is 25.4 Å². The highest BCUT2D eigenvalue weighted by molar-refractivity contribution is 5.82. The van der Waals surface area contributed by atoms with Crippen LogP contribution in [0.25, 0.3) is 0 Å². The van der Waals surface area contributed by atoms with Gasteiger partial charge < -0.3 is 20.6 Å². The summed E-state index contributed by atoms with van der Waals surface area (Å²) in [6, 6.07) is -0.562. The van der Waals surface area contributed by atoms with Gasteiger partial charge >= 0.3 is 0 Å². The van der Waals surface area contributed by atoms with E-state index in [4.69, 9.17) is 10.7 Å². The van der Waals surface area contributed by atoms with E-state index in [9.17, 15) is 9.59 Å². The average Bonchev–Trinajstić information content (AvgIpc) is 3.33. The van der Waals surface area contributed by atoms with E-state index in [1.165, 1.54) is 0 Å². The Bertz CT molecular complexity index is 938. The molecule has 0 unspecified atom stereocenters. The molecule has 3 heterocycles. The van der Waals surface area contributed by atoms with Crippen molar-refractivity contribution < 1.29 is 4.79 Å². The van der Waals surface area contributed by atoms with Gasteiger partial charge in [0.15, 0.2) is 0 Å². The molecule has 8 nitrogen and oxygen atoms in total. The smallest absolute Gasteiger partial charge is 0.254 e. The van der Waals surface area contributed by atoms with Gasteiger partial charge in [-0.15, -0.1) is 0 Å². The van der Waals surface area contributed by atoms with E-state index in [0.717, 1.165) is 61.3 Å². The molecule has 0 bridgehead atoms. The summed E-state index contributed by atoms with van der Waals surface area (Å²) in [7, 11) is 0. The number of H-pyrrole nitrogens is 2. The lowest BCUT2D eigenvalue weighted by Gasteiger charge is -2.40. The maximum absolute atomic E-state index is 12.8. The normalized spacial score (nSPS) is 21.7. The number of fused-ring (bicyclic) bond motifs is 2. The Morgan fingerprint density at radius 3 is 2.79 bits per heavy atom. The number of aromatic amines is 2. The molecule has 1 saturated heterocycles. The number of likely N-dealkylation sites (tertiary alicyclic amines) is 1. The molecule has 3 aliphatic rings. The minimum absolute atomic E-state index is 0.0137. The van der Waals surface area contributed by atoms with E-state index >= 15 is 0 Å². The van der Waals surface area contributed by atoms with Crippen molar-refractivity contribution in [2.75, 3.05) is 13.1 Å².